The molecule has 0 saturated heterocycles. The Kier molecular flexibility index (Phi) is 4.31. The summed E-state index contributed by atoms with van der Waals surface area (Å²) in [6, 6.07) is 10.8. The average molecular weight is 318 g/mol. The van der Waals surface area contributed by atoms with Gasteiger partial charge in [0.25, 0.3) is 0 Å². The Bertz CT molecular complexity index is 579. The molecular formula is C17H20BrN. The first-order chi connectivity index (χ1) is 8.99. The summed E-state index contributed by atoms with van der Waals surface area (Å²) in [5.74, 6) is 0. The maximum absolute atomic E-state index is 3.64. The molecule has 0 bridgehead atoms. The highest BCUT2D eigenvalue weighted by molar-refractivity contribution is 9.10. The Morgan fingerprint density at radius 1 is 0.947 bits per heavy atom. The van der Waals surface area contributed by atoms with Crippen LogP contribution < -0.4 is 5.32 Å². The number of nitrogens with one attached hydrogen (secondary N) is 1. The summed E-state index contributed by atoms with van der Waals surface area (Å²) in [7, 11) is 0. The van der Waals surface area contributed by atoms with Gasteiger partial charge in [-0.3, -0.25) is 0 Å². The molecule has 0 fully saturated rings. The molecule has 0 radical (unpaired) electrons. The van der Waals surface area contributed by atoms with Crippen molar-refractivity contribution in [2.45, 2.75) is 34.2 Å². The molecular weight excluding hydrogens is 298 g/mol. The van der Waals surface area contributed by atoms with Crippen LogP contribution in [0.3, 0.4) is 0 Å². The van der Waals surface area contributed by atoms with Gasteiger partial charge >= 0.3 is 0 Å². The maximum atomic E-state index is 3.64. The summed E-state index contributed by atoms with van der Waals surface area (Å²) in [6.45, 7) is 9.48. The topological polar surface area (TPSA) is 12.0 Å². The molecule has 0 atom stereocenters. The SMILES string of the molecule is Cc1cc(C)c(CNc2cccc(C)c2Br)c(C)c1. The van der Waals surface area contributed by atoms with Gasteiger partial charge in [-0.15, -0.1) is 0 Å². The summed E-state index contributed by atoms with van der Waals surface area (Å²) in [6.07, 6.45) is 0. The van der Waals surface area contributed by atoms with Crippen LogP contribution >= 0.6 is 15.9 Å². The molecule has 0 unspecified atom stereocenters. The highest BCUT2D eigenvalue weighted by Gasteiger charge is 2.06. The van der Waals surface area contributed by atoms with Gasteiger partial charge in [0.15, 0.2) is 0 Å². The van der Waals surface area contributed by atoms with Gasteiger partial charge in [-0.2, -0.15) is 0 Å². The van der Waals surface area contributed by atoms with Crippen LogP contribution in [0.1, 0.15) is 27.8 Å². The lowest BCUT2D eigenvalue weighted by Gasteiger charge is -2.15. The fourth-order valence-corrected chi connectivity index (χ4v) is 2.86. The Morgan fingerprint density at radius 2 is 1.58 bits per heavy atom. The molecule has 0 saturated carbocycles. The molecule has 19 heavy (non-hydrogen) atoms. The van der Waals surface area contributed by atoms with Crippen LogP contribution in [0, 0.1) is 27.7 Å². The minimum atomic E-state index is 0.861. The zero-order valence-corrected chi connectivity index (χ0v) is 13.6. The van der Waals surface area contributed by atoms with Gasteiger partial charge in [0, 0.05) is 16.7 Å². The van der Waals surface area contributed by atoms with Crippen molar-refractivity contribution in [3.63, 3.8) is 0 Å². The molecule has 2 rings (SSSR count). The van der Waals surface area contributed by atoms with Gasteiger partial charge in [-0.25, -0.2) is 0 Å². The maximum Gasteiger partial charge on any atom is 0.0490 e. The summed E-state index contributed by atoms with van der Waals surface area (Å²) >= 11 is 3.64. The summed E-state index contributed by atoms with van der Waals surface area (Å²) in [5, 5.41) is 3.52. The Labute approximate surface area is 124 Å². The Hall–Kier alpha value is -1.28. The van der Waals surface area contributed by atoms with E-state index in [-0.39, 0.29) is 0 Å². The molecule has 1 nitrogen and oxygen atoms in total. The van der Waals surface area contributed by atoms with Crippen LogP contribution in [0.4, 0.5) is 5.69 Å². The minimum absolute atomic E-state index is 0.861. The highest BCUT2D eigenvalue weighted by atomic mass is 79.9. The van der Waals surface area contributed by atoms with Crippen molar-refractivity contribution in [2.75, 3.05) is 5.32 Å². The molecule has 0 heterocycles. The van der Waals surface area contributed by atoms with Crippen molar-refractivity contribution in [2.24, 2.45) is 0 Å². The normalized spacial score (nSPS) is 10.6. The summed E-state index contributed by atoms with van der Waals surface area (Å²) in [4.78, 5) is 0. The van der Waals surface area contributed by atoms with Gasteiger partial charge in [0.05, 0.1) is 0 Å². The lowest BCUT2D eigenvalue weighted by atomic mass is 10.00. The van der Waals surface area contributed by atoms with Crippen LogP contribution in [-0.2, 0) is 6.54 Å². The fraction of sp³-hybridized carbons (Fsp3) is 0.294. The zero-order chi connectivity index (χ0) is 14.0. The summed E-state index contributed by atoms with van der Waals surface area (Å²) < 4.78 is 1.15. The lowest BCUT2D eigenvalue weighted by Crippen LogP contribution is -2.04. The minimum Gasteiger partial charge on any atom is -0.380 e. The van der Waals surface area contributed by atoms with E-state index in [2.05, 4.69) is 79.3 Å². The molecule has 2 aromatic rings. The number of benzene rings is 2. The number of rotatable bonds is 3. The predicted molar refractivity (Wildman–Crippen MR) is 86.9 cm³/mol. The van der Waals surface area contributed by atoms with E-state index in [9.17, 15) is 0 Å². The number of aryl methyl sites for hydroxylation is 4. The van der Waals surface area contributed by atoms with Gasteiger partial charge in [0.2, 0.25) is 0 Å². The van der Waals surface area contributed by atoms with Crippen molar-refractivity contribution in [3.8, 4) is 0 Å². The molecule has 0 spiro atoms. The number of hydrogen-bond acceptors (Lipinski definition) is 1. The van der Waals surface area contributed by atoms with Gasteiger partial charge in [-0.05, 0) is 71.9 Å². The van der Waals surface area contributed by atoms with Crippen LogP contribution in [0.2, 0.25) is 0 Å². The third-order valence-electron chi connectivity index (χ3n) is 3.49. The first-order valence-electron chi connectivity index (χ1n) is 6.54. The van der Waals surface area contributed by atoms with Crippen molar-refractivity contribution >= 4 is 21.6 Å². The van der Waals surface area contributed by atoms with E-state index in [0.29, 0.717) is 0 Å². The van der Waals surface area contributed by atoms with E-state index in [1.807, 2.05) is 0 Å². The third-order valence-corrected chi connectivity index (χ3v) is 4.54. The molecule has 1 N–H and O–H groups in total. The van der Waals surface area contributed by atoms with E-state index in [4.69, 9.17) is 0 Å². The monoisotopic (exact) mass is 317 g/mol. The zero-order valence-electron chi connectivity index (χ0n) is 12.0. The van der Waals surface area contributed by atoms with Crippen molar-refractivity contribution in [1.29, 1.82) is 0 Å². The van der Waals surface area contributed by atoms with E-state index in [0.717, 1.165) is 16.7 Å². The van der Waals surface area contributed by atoms with Crippen molar-refractivity contribution < 1.29 is 0 Å². The smallest absolute Gasteiger partial charge is 0.0490 e. The van der Waals surface area contributed by atoms with Gasteiger partial charge in [-0.1, -0.05) is 29.8 Å². The molecule has 0 amide bonds. The van der Waals surface area contributed by atoms with E-state index < -0.39 is 0 Å². The van der Waals surface area contributed by atoms with Crippen LogP contribution in [-0.4, -0.2) is 0 Å². The lowest BCUT2D eigenvalue weighted by molar-refractivity contribution is 1.08. The van der Waals surface area contributed by atoms with Crippen LogP contribution in [0.15, 0.2) is 34.8 Å². The second kappa shape index (κ2) is 5.79. The predicted octanol–water partition coefficient (Wildman–Crippen LogP) is 5.29. The van der Waals surface area contributed by atoms with Gasteiger partial charge in [0.1, 0.15) is 0 Å². The number of anilines is 1. The van der Waals surface area contributed by atoms with Crippen LogP contribution in [0.25, 0.3) is 0 Å². The molecule has 0 aromatic heterocycles. The molecule has 100 valence electrons. The van der Waals surface area contributed by atoms with Crippen LogP contribution in [0.5, 0.6) is 0 Å². The summed E-state index contributed by atoms with van der Waals surface area (Å²) in [5.41, 5.74) is 7.83. The molecule has 0 aliphatic carbocycles. The van der Waals surface area contributed by atoms with Crippen molar-refractivity contribution in [1.82, 2.24) is 0 Å². The number of halogens is 1. The molecule has 0 aliphatic rings. The standard InChI is InChI=1S/C17H20BrN/c1-11-8-13(3)15(14(4)9-11)10-19-16-7-5-6-12(2)17(16)18/h5-9,19H,10H2,1-4H3. The fourth-order valence-electron chi connectivity index (χ4n) is 2.46. The second-order valence-electron chi connectivity index (χ2n) is 5.17. The first kappa shape index (κ1) is 14.1. The quantitative estimate of drug-likeness (QED) is 0.810. The molecule has 2 heteroatoms. The molecule has 2 aromatic carbocycles. The molecule has 0 aliphatic heterocycles. The first-order valence-corrected chi connectivity index (χ1v) is 7.34. The Balaban J connectivity index is 2.22. The van der Waals surface area contributed by atoms with E-state index in [1.165, 1.54) is 27.8 Å². The van der Waals surface area contributed by atoms with Crippen molar-refractivity contribution in [3.05, 3.63) is 62.6 Å². The largest absolute Gasteiger partial charge is 0.380 e. The second-order valence-corrected chi connectivity index (χ2v) is 5.96. The third kappa shape index (κ3) is 3.19. The Morgan fingerprint density at radius 3 is 2.21 bits per heavy atom. The van der Waals surface area contributed by atoms with E-state index in [1.54, 1.807) is 0 Å². The average Bonchev–Trinajstić information content (AvgIpc) is 2.33. The van der Waals surface area contributed by atoms with E-state index >= 15 is 0 Å². The highest BCUT2D eigenvalue weighted by Crippen LogP contribution is 2.27. The van der Waals surface area contributed by atoms with Gasteiger partial charge < -0.3 is 5.32 Å². The number of hydrogen-bond donors (Lipinski definition) is 1.